The molecular formula is C22H28N4S. The largest absolute Gasteiger partial charge is 0.346 e. The summed E-state index contributed by atoms with van der Waals surface area (Å²) in [7, 11) is 0. The van der Waals surface area contributed by atoms with Crippen LogP contribution < -0.4 is 0 Å². The summed E-state index contributed by atoms with van der Waals surface area (Å²) in [6.45, 7) is 7.98. The number of aliphatic imine (C=N–C) groups is 1. The first-order valence-electron chi connectivity index (χ1n) is 10.2. The maximum atomic E-state index is 5.14. The van der Waals surface area contributed by atoms with Crippen molar-refractivity contribution < 1.29 is 0 Å². The number of rotatable bonds is 3. The lowest BCUT2D eigenvalue weighted by atomic mass is 9.96. The summed E-state index contributed by atoms with van der Waals surface area (Å²) in [5.74, 6) is 0. The average molecular weight is 381 g/mol. The molecule has 3 atom stereocenters. The fourth-order valence-electron chi connectivity index (χ4n) is 5.28. The number of nitrogens with zero attached hydrogens (tertiary/aromatic N) is 4. The van der Waals surface area contributed by atoms with Gasteiger partial charge in [-0.25, -0.2) is 0 Å². The number of hydrogen-bond acceptors (Lipinski definition) is 4. The smallest absolute Gasteiger partial charge is 0.160 e. The van der Waals surface area contributed by atoms with Crippen LogP contribution in [0.2, 0.25) is 0 Å². The molecule has 1 saturated heterocycles. The number of aromatic nitrogens is 2. The zero-order chi connectivity index (χ0) is 18.5. The summed E-state index contributed by atoms with van der Waals surface area (Å²) in [5, 5.41) is 1.81. The van der Waals surface area contributed by atoms with Crippen molar-refractivity contribution in [1.82, 2.24) is 14.5 Å². The second kappa shape index (κ2) is 6.69. The van der Waals surface area contributed by atoms with Crippen LogP contribution in [0.15, 0.2) is 35.5 Å². The van der Waals surface area contributed by atoms with E-state index in [0.29, 0.717) is 11.3 Å². The number of fused-ring (bicyclic) bond motifs is 1. The van der Waals surface area contributed by atoms with E-state index in [1.807, 2.05) is 24.0 Å². The van der Waals surface area contributed by atoms with Crippen LogP contribution in [0.1, 0.15) is 73.4 Å². The van der Waals surface area contributed by atoms with Gasteiger partial charge in [0.25, 0.3) is 0 Å². The van der Waals surface area contributed by atoms with E-state index in [1.54, 1.807) is 0 Å². The molecule has 4 heterocycles. The Morgan fingerprint density at radius 2 is 1.96 bits per heavy atom. The molecule has 27 heavy (non-hydrogen) atoms. The van der Waals surface area contributed by atoms with Gasteiger partial charge in [0.05, 0.1) is 11.7 Å². The van der Waals surface area contributed by atoms with Crippen LogP contribution in [0, 0.1) is 13.8 Å². The third kappa shape index (κ3) is 2.82. The highest BCUT2D eigenvalue weighted by molar-refractivity contribution is 8.14. The molecule has 2 aromatic rings. The van der Waals surface area contributed by atoms with Gasteiger partial charge in [-0.1, -0.05) is 37.6 Å². The standard InChI is InChI=1S/C22H28N4S/c1-14-12-18(16(3)26(14)17-8-4-5-9-17)21-20(19-10-6-7-11-23-19)24-22-25(21)13-15(2)27-22/h6-7,10-12,15,17,20-21H,4-5,8-9,13H2,1-3H3/t15-,20+,21+/m0/s1. The van der Waals surface area contributed by atoms with E-state index < -0.39 is 0 Å². The van der Waals surface area contributed by atoms with Crippen molar-refractivity contribution in [2.75, 3.05) is 6.54 Å². The van der Waals surface area contributed by atoms with Crippen LogP contribution in [0.4, 0.5) is 0 Å². The maximum absolute atomic E-state index is 5.14. The third-order valence-corrected chi connectivity index (χ3v) is 7.52. The summed E-state index contributed by atoms with van der Waals surface area (Å²) in [5.41, 5.74) is 5.38. The lowest BCUT2D eigenvalue weighted by Crippen LogP contribution is -2.29. The van der Waals surface area contributed by atoms with Crippen molar-refractivity contribution in [3.05, 3.63) is 53.1 Å². The molecule has 0 N–H and O–H groups in total. The number of amidine groups is 1. The number of thioether (sulfide) groups is 1. The van der Waals surface area contributed by atoms with E-state index in [-0.39, 0.29) is 12.1 Å². The molecule has 0 amide bonds. The van der Waals surface area contributed by atoms with Crippen LogP contribution in [0.5, 0.6) is 0 Å². The Labute approximate surface area is 166 Å². The SMILES string of the molecule is Cc1cc([C@@H]2[C@@H](c3ccccn3)N=C3S[C@@H](C)CN32)c(C)n1C1CCCC1. The molecule has 142 valence electrons. The minimum atomic E-state index is 0.0960. The fourth-order valence-corrected chi connectivity index (χ4v) is 6.37. The number of hydrogen-bond donors (Lipinski definition) is 0. The lowest BCUT2D eigenvalue weighted by Gasteiger charge is -2.28. The molecule has 1 aliphatic carbocycles. The Hall–Kier alpha value is -1.75. The molecule has 0 aromatic carbocycles. The third-order valence-electron chi connectivity index (χ3n) is 6.41. The first-order chi connectivity index (χ1) is 13.1. The van der Waals surface area contributed by atoms with Gasteiger partial charge in [-0.05, 0) is 50.5 Å². The van der Waals surface area contributed by atoms with Crippen LogP contribution >= 0.6 is 11.8 Å². The Balaban J connectivity index is 1.58. The van der Waals surface area contributed by atoms with Gasteiger partial charge >= 0.3 is 0 Å². The van der Waals surface area contributed by atoms with Crippen LogP contribution in [0.3, 0.4) is 0 Å². The molecule has 5 rings (SSSR count). The van der Waals surface area contributed by atoms with Crippen molar-refractivity contribution in [3.8, 4) is 0 Å². The van der Waals surface area contributed by atoms with Crippen molar-refractivity contribution in [2.24, 2.45) is 4.99 Å². The molecule has 0 radical (unpaired) electrons. The molecule has 2 aliphatic heterocycles. The normalized spacial score (nSPS) is 28.0. The Kier molecular flexibility index (Phi) is 4.30. The highest BCUT2D eigenvalue weighted by atomic mass is 32.2. The van der Waals surface area contributed by atoms with E-state index >= 15 is 0 Å². The first-order valence-corrected chi connectivity index (χ1v) is 11.1. The van der Waals surface area contributed by atoms with E-state index in [9.17, 15) is 0 Å². The summed E-state index contributed by atoms with van der Waals surface area (Å²) < 4.78 is 2.61. The van der Waals surface area contributed by atoms with Gasteiger partial charge in [-0.15, -0.1) is 0 Å². The molecule has 4 nitrogen and oxygen atoms in total. The molecule has 2 aromatic heterocycles. The van der Waals surface area contributed by atoms with Gasteiger partial charge in [0.1, 0.15) is 6.04 Å². The monoisotopic (exact) mass is 380 g/mol. The molecule has 5 heteroatoms. The van der Waals surface area contributed by atoms with Gasteiger partial charge in [0.2, 0.25) is 0 Å². The van der Waals surface area contributed by atoms with Crippen LogP contribution in [-0.2, 0) is 0 Å². The minimum Gasteiger partial charge on any atom is -0.346 e. The Morgan fingerprint density at radius 3 is 2.70 bits per heavy atom. The molecule has 1 saturated carbocycles. The van der Waals surface area contributed by atoms with Crippen molar-refractivity contribution in [3.63, 3.8) is 0 Å². The second-order valence-electron chi connectivity index (χ2n) is 8.27. The van der Waals surface area contributed by atoms with Gasteiger partial charge < -0.3 is 9.47 Å². The lowest BCUT2D eigenvalue weighted by molar-refractivity contribution is 0.319. The number of pyridine rings is 1. The van der Waals surface area contributed by atoms with Gasteiger partial charge in [-0.2, -0.15) is 0 Å². The number of aryl methyl sites for hydroxylation is 1. The van der Waals surface area contributed by atoms with Crippen molar-refractivity contribution in [2.45, 2.75) is 69.8 Å². The molecule has 2 fully saturated rings. The molecule has 3 aliphatic rings. The quantitative estimate of drug-likeness (QED) is 0.733. The summed E-state index contributed by atoms with van der Waals surface area (Å²) >= 11 is 1.92. The predicted octanol–water partition coefficient (Wildman–Crippen LogP) is 5.20. The van der Waals surface area contributed by atoms with Gasteiger partial charge in [0.15, 0.2) is 5.17 Å². The zero-order valence-corrected chi connectivity index (χ0v) is 17.2. The summed E-state index contributed by atoms with van der Waals surface area (Å²) in [6, 6.07) is 9.69. The van der Waals surface area contributed by atoms with Crippen LogP contribution in [0.25, 0.3) is 0 Å². The fraction of sp³-hybridized carbons (Fsp3) is 0.545. The topological polar surface area (TPSA) is 33.4 Å². The second-order valence-corrected chi connectivity index (χ2v) is 9.68. The van der Waals surface area contributed by atoms with E-state index in [4.69, 9.17) is 4.99 Å². The summed E-state index contributed by atoms with van der Waals surface area (Å²) in [4.78, 5) is 12.3. The zero-order valence-electron chi connectivity index (χ0n) is 16.4. The molecule has 0 unspecified atom stereocenters. The molecule has 0 bridgehead atoms. The first kappa shape index (κ1) is 17.4. The van der Waals surface area contributed by atoms with Crippen molar-refractivity contribution in [1.29, 1.82) is 0 Å². The Bertz CT molecular complexity index is 866. The van der Waals surface area contributed by atoms with E-state index in [2.05, 4.69) is 53.4 Å². The van der Waals surface area contributed by atoms with E-state index in [0.717, 1.165) is 12.2 Å². The van der Waals surface area contributed by atoms with Crippen molar-refractivity contribution >= 4 is 16.9 Å². The Morgan fingerprint density at radius 1 is 1.15 bits per heavy atom. The van der Waals surface area contributed by atoms with Gasteiger partial charge in [0, 0.05) is 35.4 Å². The van der Waals surface area contributed by atoms with Crippen LogP contribution in [-0.4, -0.2) is 31.4 Å². The summed E-state index contributed by atoms with van der Waals surface area (Å²) in [6.07, 6.45) is 7.27. The van der Waals surface area contributed by atoms with Gasteiger partial charge in [-0.3, -0.25) is 9.98 Å². The molecule has 0 spiro atoms. The maximum Gasteiger partial charge on any atom is 0.160 e. The predicted molar refractivity (Wildman–Crippen MR) is 112 cm³/mol. The van der Waals surface area contributed by atoms with E-state index in [1.165, 1.54) is 47.8 Å². The molecular weight excluding hydrogens is 352 g/mol. The average Bonchev–Trinajstić information content (AvgIpc) is 3.40. The highest BCUT2D eigenvalue weighted by Crippen LogP contribution is 2.49. The highest BCUT2D eigenvalue weighted by Gasteiger charge is 2.44. The minimum absolute atomic E-state index is 0.0960.